The summed E-state index contributed by atoms with van der Waals surface area (Å²) in [4.78, 5) is 12.1. The molecular formula is C15H12N2O3. The van der Waals surface area contributed by atoms with E-state index in [2.05, 4.69) is 10.5 Å². The zero-order valence-corrected chi connectivity index (χ0v) is 10.8. The molecule has 1 N–H and O–H groups in total. The summed E-state index contributed by atoms with van der Waals surface area (Å²) in [5.41, 5.74) is 1.94. The lowest BCUT2D eigenvalue weighted by molar-refractivity contribution is 0.101. The second kappa shape index (κ2) is 5.05. The summed E-state index contributed by atoms with van der Waals surface area (Å²) in [6.45, 7) is 1.92. The Labute approximate surface area is 115 Å². The van der Waals surface area contributed by atoms with E-state index in [0.29, 0.717) is 11.5 Å². The van der Waals surface area contributed by atoms with Crippen molar-refractivity contribution in [1.82, 2.24) is 5.16 Å². The molecule has 100 valence electrons. The van der Waals surface area contributed by atoms with Crippen molar-refractivity contribution < 1.29 is 13.7 Å². The monoisotopic (exact) mass is 268 g/mol. The Hall–Kier alpha value is -2.82. The number of aryl methyl sites for hydroxylation is 1. The molecule has 0 radical (unpaired) electrons. The molecule has 0 saturated carbocycles. The molecule has 0 saturated heterocycles. The van der Waals surface area contributed by atoms with Crippen molar-refractivity contribution in [2.75, 3.05) is 5.32 Å². The van der Waals surface area contributed by atoms with Crippen LogP contribution in [0.5, 0.6) is 0 Å². The molecule has 3 rings (SSSR count). The second-order valence-electron chi connectivity index (χ2n) is 4.32. The molecule has 2 heterocycles. The number of hydrogen-bond acceptors (Lipinski definition) is 4. The van der Waals surface area contributed by atoms with Crippen LogP contribution in [-0.2, 0) is 0 Å². The van der Waals surface area contributed by atoms with E-state index in [4.69, 9.17) is 8.94 Å². The molecule has 1 aromatic carbocycles. The fourth-order valence-electron chi connectivity index (χ4n) is 1.82. The Morgan fingerprint density at radius 3 is 2.75 bits per heavy atom. The average Bonchev–Trinajstić information content (AvgIpc) is 3.11. The van der Waals surface area contributed by atoms with E-state index >= 15 is 0 Å². The third-order valence-electron chi connectivity index (χ3n) is 2.90. The number of nitrogens with zero attached hydrogens (tertiary/aromatic N) is 1. The van der Waals surface area contributed by atoms with Gasteiger partial charge in [0.05, 0.1) is 6.26 Å². The Morgan fingerprint density at radius 1 is 1.15 bits per heavy atom. The molecule has 3 aromatic rings. The summed E-state index contributed by atoms with van der Waals surface area (Å²) in [6, 6.07) is 12.6. The first-order valence-corrected chi connectivity index (χ1v) is 6.11. The molecule has 0 unspecified atom stereocenters. The van der Waals surface area contributed by atoms with Crippen molar-refractivity contribution in [2.45, 2.75) is 6.92 Å². The predicted molar refractivity (Wildman–Crippen MR) is 73.3 cm³/mol. The molecule has 0 fully saturated rings. The number of aromatic nitrogens is 1. The first kappa shape index (κ1) is 12.2. The van der Waals surface area contributed by atoms with Crippen molar-refractivity contribution in [2.24, 2.45) is 0 Å². The lowest BCUT2D eigenvalue weighted by Gasteiger charge is -2.05. The summed E-state index contributed by atoms with van der Waals surface area (Å²) < 4.78 is 10.3. The lowest BCUT2D eigenvalue weighted by Crippen LogP contribution is -2.12. The summed E-state index contributed by atoms with van der Waals surface area (Å²) in [6.07, 6.45) is 1.53. The zero-order valence-electron chi connectivity index (χ0n) is 10.8. The number of para-hydroxylation sites is 1. The highest BCUT2D eigenvalue weighted by molar-refractivity contribution is 6.03. The number of rotatable bonds is 3. The van der Waals surface area contributed by atoms with Crippen LogP contribution in [0.15, 0.2) is 57.7 Å². The molecule has 5 nitrogen and oxygen atoms in total. The standard InChI is InChI=1S/C15H12N2O3/c1-10-5-2-3-6-11(10)16-15(18)12-9-14(20-17-12)13-7-4-8-19-13/h2-9H,1H3,(H,16,18). The van der Waals surface area contributed by atoms with Gasteiger partial charge in [0.1, 0.15) is 0 Å². The first-order chi connectivity index (χ1) is 9.74. The normalized spacial score (nSPS) is 10.4. The van der Waals surface area contributed by atoms with E-state index in [0.717, 1.165) is 11.3 Å². The second-order valence-corrected chi connectivity index (χ2v) is 4.32. The molecule has 5 heteroatoms. The van der Waals surface area contributed by atoms with E-state index in [-0.39, 0.29) is 11.6 Å². The number of carbonyl (C=O) groups is 1. The third kappa shape index (κ3) is 2.33. The van der Waals surface area contributed by atoms with Crippen LogP contribution in [-0.4, -0.2) is 11.1 Å². The highest BCUT2D eigenvalue weighted by atomic mass is 16.5. The minimum atomic E-state index is -0.319. The Bertz CT molecular complexity index is 729. The molecular weight excluding hydrogens is 256 g/mol. The minimum Gasteiger partial charge on any atom is -0.461 e. The first-order valence-electron chi connectivity index (χ1n) is 6.11. The number of amides is 1. The Morgan fingerprint density at radius 2 is 2.00 bits per heavy atom. The number of nitrogens with one attached hydrogen (secondary N) is 1. The van der Waals surface area contributed by atoms with Crippen LogP contribution in [0, 0.1) is 6.92 Å². The van der Waals surface area contributed by atoms with E-state index in [1.165, 1.54) is 6.26 Å². The summed E-state index contributed by atoms with van der Waals surface area (Å²) >= 11 is 0. The van der Waals surface area contributed by atoms with Gasteiger partial charge in [-0.25, -0.2) is 0 Å². The van der Waals surface area contributed by atoms with E-state index < -0.39 is 0 Å². The number of anilines is 1. The highest BCUT2D eigenvalue weighted by Gasteiger charge is 2.15. The van der Waals surface area contributed by atoms with Crippen LogP contribution < -0.4 is 5.32 Å². The maximum absolute atomic E-state index is 12.1. The van der Waals surface area contributed by atoms with Gasteiger partial charge in [-0.2, -0.15) is 0 Å². The lowest BCUT2D eigenvalue weighted by atomic mass is 10.2. The SMILES string of the molecule is Cc1ccccc1NC(=O)c1cc(-c2ccco2)on1. The summed E-state index contributed by atoms with van der Waals surface area (Å²) in [5, 5.41) is 6.54. The van der Waals surface area contributed by atoms with Gasteiger partial charge >= 0.3 is 0 Å². The number of furan rings is 1. The van der Waals surface area contributed by atoms with Gasteiger partial charge in [0.2, 0.25) is 5.76 Å². The molecule has 20 heavy (non-hydrogen) atoms. The molecule has 0 atom stereocenters. The van der Waals surface area contributed by atoms with Gasteiger partial charge in [-0.1, -0.05) is 23.4 Å². The van der Waals surface area contributed by atoms with Crippen LogP contribution in [0.3, 0.4) is 0 Å². The summed E-state index contributed by atoms with van der Waals surface area (Å²) in [7, 11) is 0. The minimum absolute atomic E-state index is 0.208. The smallest absolute Gasteiger partial charge is 0.277 e. The zero-order chi connectivity index (χ0) is 13.9. The van der Waals surface area contributed by atoms with Gasteiger partial charge in [-0.15, -0.1) is 0 Å². The van der Waals surface area contributed by atoms with Gasteiger partial charge in [-0.05, 0) is 30.7 Å². The molecule has 0 aliphatic carbocycles. The van der Waals surface area contributed by atoms with Crippen LogP contribution >= 0.6 is 0 Å². The van der Waals surface area contributed by atoms with E-state index in [1.54, 1.807) is 18.2 Å². The van der Waals surface area contributed by atoms with Crippen molar-refractivity contribution in [3.05, 3.63) is 60.0 Å². The molecule has 0 aliphatic rings. The third-order valence-corrected chi connectivity index (χ3v) is 2.90. The maximum Gasteiger partial charge on any atom is 0.277 e. The quantitative estimate of drug-likeness (QED) is 0.789. The van der Waals surface area contributed by atoms with Gasteiger partial charge in [0.25, 0.3) is 5.91 Å². The van der Waals surface area contributed by atoms with Crippen LogP contribution in [0.2, 0.25) is 0 Å². The van der Waals surface area contributed by atoms with Crippen LogP contribution in [0.4, 0.5) is 5.69 Å². The number of carbonyl (C=O) groups excluding carboxylic acids is 1. The predicted octanol–water partition coefficient (Wildman–Crippen LogP) is 3.50. The number of hydrogen-bond donors (Lipinski definition) is 1. The average molecular weight is 268 g/mol. The van der Waals surface area contributed by atoms with Gasteiger partial charge in [0.15, 0.2) is 11.5 Å². The van der Waals surface area contributed by atoms with Crippen LogP contribution in [0.1, 0.15) is 16.1 Å². The van der Waals surface area contributed by atoms with Gasteiger partial charge in [-0.3, -0.25) is 4.79 Å². The Balaban J connectivity index is 1.80. The fourth-order valence-corrected chi connectivity index (χ4v) is 1.82. The van der Waals surface area contributed by atoms with Crippen LogP contribution in [0.25, 0.3) is 11.5 Å². The fraction of sp³-hybridized carbons (Fsp3) is 0.0667. The van der Waals surface area contributed by atoms with Gasteiger partial charge in [0, 0.05) is 11.8 Å². The number of benzene rings is 1. The van der Waals surface area contributed by atoms with Crippen molar-refractivity contribution in [3.8, 4) is 11.5 Å². The highest BCUT2D eigenvalue weighted by Crippen LogP contribution is 2.21. The van der Waals surface area contributed by atoms with Crippen molar-refractivity contribution >= 4 is 11.6 Å². The molecule has 2 aromatic heterocycles. The van der Waals surface area contributed by atoms with Gasteiger partial charge < -0.3 is 14.3 Å². The van der Waals surface area contributed by atoms with Crippen molar-refractivity contribution in [1.29, 1.82) is 0 Å². The molecule has 0 bridgehead atoms. The largest absolute Gasteiger partial charge is 0.461 e. The molecule has 0 aliphatic heterocycles. The topological polar surface area (TPSA) is 68.3 Å². The van der Waals surface area contributed by atoms with E-state index in [1.807, 2.05) is 31.2 Å². The van der Waals surface area contributed by atoms with Crippen molar-refractivity contribution in [3.63, 3.8) is 0 Å². The van der Waals surface area contributed by atoms with E-state index in [9.17, 15) is 4.79 Å². The molecule has 1 amide bonds. The Kier molecular flexibility index (Phi) is 3.09. The maximum atomic E-state index is 12.1. The molecule has 0 spiro atoms. The summed E-state index contributed by atoms with van der Waals surface area (Å²) in [5.74, 6) is 0.637.